The molecule has 7 nitrogen and oxygen atoms in total. The molecule has 1 atom stereocenters. The maximum absolute atomic E-state index is 4.88. The fourth-order valence-electron chi connectivity index (χ4n) is 3.55. The van der Waals surface area contributed by atoms with Gasteiger partial charge in [0, 0.05) is 23.5 Å². The quantitative estimate of drug-likeness (QED) is 0.508. The summed E-state index contributed by atoms with van der Waals surface area (Å²) in [6.45, 7) is 2.17. The normalized spacial score (nSPS) is 12.5. The SMILES string of the molecule is CCC(c1ccccc1)n1cc(-c2nc(-c3cn[nH]c3)cn3nccc23)cn1. The minimum absolute atomic E-state index is 0.188. The molecule has 0 aliphatic carbocycles. The molecule has 1 unspecified atom stereocenters. The molecule has 7 heteroatoms. The van der Waals surface area contributed by atoms with E-state index in [0.29, 0.717) is 0 Å². The third-order valence-electron chi connectivity index (χ3n) is 4.95. The molecule has 28 heavy (non-hydrogen) atoms. The van der Waals surface area contributed by atoms with E-state index in [-0.39, 0.29) is 6.04 Å². The van der Waals surface area contributed by atoms with Crippen molar-refractivity contribution in [3.05, 3.63) is 79.1 Å². The molecule has 0 bridgehead atoms. The third kappa shape index (κ3) is 2.77. The second-order valence-corrected chi connectivity index (χ2v) is 6.67. The van der Waals surface area contributed by atoms with Crippen LogP contribution in [0.2, 0.25) is 0 Å². The van der Waals surface area contributed by atoms with Crippen LogP contribution in [-0.2, 0) is 0 Å². The van der Waals surface area contributed by atoms with Gasteiger partial charge < -0.3 is 0 Å². The Balaban J connectivity index is 1.61. The summed E-state index contributed by atoms with van der Waals surface area (Å²) in [4.78, 5) is 4.88. The van der Waals surface area contributed by atoms with Gasteiger partial charge in [0.25, 0.3) is 0 Å². The number of benzene rings is 1. The van der Waals surface area contributed by atoms with Gasteiger partial charge in [-0.15, -0.1) is 0 Å². The average Bonchev–Trinajstić information content (AvgIpc) is 3.49. The molecule has 1 N–H and O–H groups in total. The van der Waals surface area contributed by atoms with E-state index in [0.717, 1.165) is 34.5 Å². The third-order valence-corrected chi connectivity index (χ3v) is 4.95. The van der Waals surface area contributed by atoms with Crippen molar-refractivity contribution >= 4 is 5.52 Å². The highest BCUT2D eigenvalue weighted by Gasteiger charge is 2.16. The van der Waals surface area contributed by atoms with Crippen molar-refractivity contribution in [3.63, 3.8) is 0 Å². The lowest BCUT2D eigenvalue weighted by atomic mass is 10.1. The largest absolute Gasteiger partial charge is 0.285 e. The van der Waals surface area contributed by atoms with Crippen molar-refractivity contribution in [2.24, 2.45) is 0 Å². The van der Waals surface area contributed by atoms with Crippen LogP contribution >= 0.6 is 0 Å². The second kappa shape index (κ2) is 6.77. The van der Waals surface area contributed by atoms with Crippen LogP contribution in [0.1, 0.15) is 24.9 Å². The van der Waals surface area contributed by atoms with Crippen LogP contribution in [0.5, 0.6) is 0 Å². The average molecular weight is 369 g/mol. The molecule has 1 aromatic carbocycles. The molecule has 138 valence electrons. The molecule has 5 aromatic rings. The van der Waals surface area contributed by atoms with Gasteiger partial charge in [-0.1, -0.05) is 37.3 Å². The van der Waals surface area contributed by atoms with Crippen molar-refractivity contribution < 1.29 is 0 Å². The van der Waals surface area contributed by atoms with Gasteiger partial charge in [-0.2, -0.15) is 15.3 Å². The highest BCUT2D eigenvalue weighted by Crippen LogP contribution is 2.28. The smallest absolute Gasteiger partial charge is 0.0999 e. The predicted molar refractivity (Wildman–Crippen MR) is 107 cm³/mol. The molecule has 0 fully saturated rings. The van der Waals surface area contributed by atoms with Gasteiger partial charge in [0.1, 0.15) is 0 Å². The molecule has 0 aliphatic heterocycles. The van der Waals surface area contributed by atoms with Crippen LogP contribution < -0.4 is 0 Å². The lowest BCUT2D eigenvalue weighted by Crippen LogP contribution is -2.09. The molecule has 4 heterocycles. The number of rotatable bonds is 5. The summed E-state index contributed by atoms with van der Waals surface area (Å²) in [5.41, 5.74) is 5.73. The van der Waals surface area contributed by atoms with Gasteiger partial charge >= 0.3 is 0 Å². The molecule has 0 saturated carbocycles. The minimum Gasteiger partial charge on any atom is -0.285 e. The summed E-state index contributed by atoms with van der Waals surface area (Å²) in [6, 6.07) is 12.6. The van der Waals surface area contributed by atoms with Crippen LogP contribution in [-0.4, -0.2) is 34.6 Å². The molecule has 0 radical (unpaired) electrons. The number of hydrogen-bond donors (Lipinski definition) is 1. The maximum atomic E-state index is 4.88. The molecule has 5 rings (SSSR count). The Morgan fingerprint density at radius 2 is 1.89 bits per heavy atom. The summed E-state index contributed by atoms with van der Waals surface area (Å²) >= 11 is 0. The molecular formula is C21H19N7. The summed E-state index contributed by atoms with van der Waals surface area (Å²) in [7, 11) is 0. The monoisotopic (exact) mass is 369 g/mol. The first kappa shape index (κ1) is 16.4. The Labute approximate surface area is 161 Å². The van der Waals surface area contributed by atoms with Crippen LogP contribution in [0.15, 0.2) is 73.6 Å². The number of fused-ring (bicyclic) bond motifs is 1. The zero-order chi connectivity index (χ0) is 18.9. The molecule has 0 amide bonds. The van der Waals surface area contributed by atoms with E-state index in [1.54, 1.807) is 12.4 Å². The zero-order valence-corrected chi connectivity index (χ0v) is 15.4. The summed E-state index contributed by atoms with van der Waals surface area (Å²) in [6.07, 6.45) is 12.2. The molecule has 0 aliphatic rings. The van der Waals surface area contributed by atoms with E-state index >= 15 is 0 Å². The Morgan fingerprint density at radius 1 is 1.00 bits per heavy atom. The van der Waals surface area contributed by atoms with Gasteiger partial charge in [-0.3, -0.25) is 9.78 Å². The van der Waals surface area contributed by atoms with Crippen molar-refractivity contribution in [1.82, 2.24) is 34.6 Å². The van der Waals surface area contributed by atoms with Gasteiger partial charge in [-0.05, 0) is 18.1 Å². The first-order valence-electron chi connectivity index (χ1n) is 9.26. The number of nitrogens with one attached hydrogen (secondary N) is 1. The van der Waals surface area contributed by atoms with Gasteiger partial charge in [-0.25, -0.2) is 9.50 Å². The van der Waals surface area contributed by atoms with E-state index < -0.39 is 0 Å². The van der Waals surface area contributed by atoms with Crippen LogP contribution in [0, 0.1) is 0 Å². The number of nitrogens with zero attached hydrogens (tertiary/aromatic N) is 6. The van der Waals surface area contributed by atoms with Gasteiger partial charge in [0.2, 0.25) is 0 Å². The Morgan fingerprint density at radius 3 is 2.68 bits per heavy atom. The van der Waals surface area contributed by atoms with E-state index in [1.165, 1.54) is 5.56 Å². The highest BCUT2D eigenvalue weighted by molar-refractivity contribution is 5.78. The zero-order valence-electron chi connectivity index (χ0n) is 15.4. The number of H-pyrrole nitrogens is 1. The van der Waals surface area contributed by atoms with E-state index in [1.807, 2.05) is 39.9 Å². The van der Waals surface area contributed by atoms with E-state index in [2.05, 4.69) is 57.8 Å². The van der Waals surface area contributed by atoms with Gasteiger partial charge in [0.15, 0.2) is 0 Å². The second-order valence-electron chi connectivity index (χ2n) is 6.67. The van der Waals surface area contributed by atoms with Gasteiger partial charge in [0.05, 0.1) is 47.7 Å². The summed E-state index contributed by atoms with van der Waals surface area (Å²) in [5.74, 6) is 0. The summed E-state index contributed by atoms with van der Waals surface area (Å²) in [5, 5.41) is 15.9. The van der Waals surface area contributed by atoms with Crippen molar-refractivity contribution in [1.29, 1.82) is 0 Å². The number of aromatic nitrogens is 7. The van der Waals surface area contributed by atoms with Crippen LogP contribution in [0.3, 0.4) is 0 Å². The summed E-state index contributed by atoms with van der Waals surface area (Å²) < 4.78 is 3.86. The predicted octanol–water partition coefficient (Wildman–Crippen LogP) is 3.98. The van der Waals surface area contributed by atoms with Crippen molar-refractivity contribution in [3.8, 4) is 22.5 Å². The molecule has 0 saturated heterocycles. The highest BCUT2D eigenvalue weighted by atomic mass is 15.3. The Kier molecular flexibility index (Phi) is 3.97. The minimum atomic E-state index is 0.188. The molecule has 0 spiro atoms. The van der Waals surface area contributed by atoms with E-state index in [9.17, 15) is 0 Å². The van der Waals surface area contributed by atoms with Crippen LogP contribution in [0.4, 0.5) is 0 Å². The first-order chi connectivity index (χ1) is 13.8. The number of hydrogen-bond acceptors (Lipinski definition) is 4. The molecule has 4 aromatic heterocycles. The topological polar surface area (TPSA) is 76.7 Å². The lowest BCUT2D eigenvalue weighted by molar-refractivity contribution is 0.509. The van der Waals surface area contributed by atoms with Crippen molar-refractivity contribution in [2.75, 3.05) is 0 Å². The first-order valence-corrected chi connectivity index (χ1v) is 9.26. The number of aromatic amines is 1. The van der Waals surface area contributed by atoms with Crippen LogP contribution in [0.25, 0.3) is 28.0 Å². The van der Waals surface area contributed by atoms with Crippen molar-refractivity contribution in [2.45, 2.75) is 19.4 Å². The van der Waals surface area contributed by atoms with E-state index in [4.69, 9.17) is 4.98 Å². The molecular weight excluding hydrogens is 350 g/mol. The fourth-order valence-corrected chi connectivity index (χ4v) is 3.55. The Bertz CT molecular complexity index is 1200. The standard InChI is InChI=1S/C21H19N7/c1-2-19(15-6-4-3-5-7-15)27-13-17(12-25-27)21-20-8-9-24-28(20)14-18(26-21)16-10-22-23-11-16/h3-14,19H,2H2,1H3,(H,22,23). The Hall–Kier alpha value is -3.74. The fraction of sp³-hybridized carbons (Fsp3) is 0.143. The lowest BCUT2D eigenvalue weighted by Gasteiger charge is -2.15. The maximum Gasteiger partial charge on any atom is 0.0999 e.